The highest BCUT2D eigenvalue weighted by Gasteiger charge is 2.27. The molecule has 0 amide bonds. The van der Waals surface area contributed by atoms with E-state index in [0.29, 0.717) is 52.8 Å². The van der Waals surface area contributed by atoms with E-state index in [4.69, 9.17) is 34.0 Å². The van der Waals surface area contributed by atoms with Gasteiger partial charge in [0.15, 0.2) is 5.82 Å². The fourth-order valence-corrected chi connectivity index (χ4v) is 6.03. The van der Waals surface area contributed by atoms with Crippen LogP contribution in [0.2, 0.25) is 0 Å². The van der Waals surface area contributed by atoms with Gasteiger partial charge in [0.1, 0.15) is 33.8 Å². The van der Waals surface area contributed by atoms with Gasteiger partial charge >= 0.3 is 23.9 Å². The van der Waals surface area contributed by atoms with Crippen LogP contribution in [0.3, 0.4) is 0 Å². The molecule has 0 bridgehead atoms. The van der Waals surface area contributed by atoms with Gasteiger partial charge in [0.2, 0.25) is 0 Å². The lowest BCUT2D eigenvalue weighted by Crippen LogP contribution is -2.39. The van der Waals surface area contributed by atoms with Gasteiger partial charge in [-0.25, -0.2) is 14.6 Å². The predicted molar refractivity (Wildman–Crippen MR) is 229 cm³/mol. The lowest BCUT2D eigenvalue weighted by atomic mass is 10.1. The van der Waals surface area contributed by atoms with Crippen molar-refractivity contribution >= 4 is 23.9 Å². The Morgan fingerprint density at radius 3 is 1.52 bits per heavy atom. The van der Waals surface area contributed by atoms with E-state index < -0.39 is 46.3 Å². The van der Waals surface area contributed by atoms with Gasteiger partial charge in [0.05, 0.1) is 55.0 Å². The molecule has 4 aromatic rings. The van der Waals surface area contributed by atoms with Gasteiger partial charge < -0.3 is 24.1 Å². The molecular weight excluding hydrogens is 799 g/mol. The van der Waals surface area contributed by atoms with Gasteiger partial charge in [-0.3, -0.25) is 33.7 Å². The lowest BCUT2D eigenvalue weighted by Gasteiger charge is -2.26. The second kappa shape index (κ2) is 20.5. The Morgan fingerprint density at radius 2 is 1.06 bits per heavy atom. The van der Waals surface area contributed by atoms with Crippen LogP contribution >= 0.6 is 0 Å². The molecule has 0 radical (unpaired) electrons. The summed E-state index contributed by atoms with van der Waals surface area (Å²) < 4.78 is 25.5. The Balaban J connectivity index is 1.72. The molecule has 0 aliphatic heterocycles. The van der Waals surface area contributed by atoms with Crippen molar-refractivity contribution in [3.63, 3.8) is 0 Å². The molecule has 0 aliphatic carbocycles. The van der Waals surface area contributed by atoms with Crippen LogP contribution < -0.4 is 0 Å². The number of aryl methyl sites for hydroxylation is 1. The minimum atomic E-state index is -0.726. The fraction of sp³-hybridized carbons (Fsp3) is 0.568. The van der Waals surface area contributed by atoms with Crippen LogP contribution in [-0.4, -0.2) is 129 Å². The number of hydrogen-bond acceptors (Lipinski definition) is 16. The molecule has 0 aromatic carbocycles. The number of rotatable bonds is 18. The zero-order valence-electron chi connectivity index (χ0n) is 38.2. The minimum Gasteiger partial charge on any atom is -0.459 e. The third-order valence-electron chi connectivity index (χ3n) is 8.01. The molecule has 0 aliphatic rings. The highest BCUT2D eigenvalue weighted by Crippen LogP contribution is 2.30. The number of aromatic nitrogens is 7. The SMILES string of the molecule is CC(C)(C)OC(=O)CN(CC(=O)OC(C)(C)C)Cc1cccc(-c2nn(-c3cccc(CN(CC(=O)OC(C)(C)C)CC(=O)OC(C)(C)C)n3)cc2-c2cn(CCCO)nn2)n1. The van der Waals surface area contributed by atoms with Crippen LogP contribution in [0.5, 0.6) is 0 Å². The number of hydrogen-bond donors (Lipinski definition) is 1. The van der Waals surface area contributed by atoms with E-state index in [-0.39, 0.29) is 45.9 Å². The summed E-state index contributed by atoms with van der Waals surface area (Å²) in [5.41, 5.74) is 0.156. The van der Waals surface area contributed by atoms with Crippen LogP contribution in [0.25, 0.3) is 28.5 Å². The maximum Gasteiger partial charge on any atom is 0.320 e. The Bertz CT molecular complexity index is 2090. The van der Waals surface area contributed by atoms with Gasteiger partial charge in [0.25, 0.3) is 0 Å². The summed E-state index contributed by atoms with van der Waals surface area (Å²) in [5.74, 6) is -1.59. The number of aliphatic hydroxyl groups is 1. The van der Waals surface area contributed by atoms with E-state index in [1.165, 1.54) is 0 Å². The first-order valence-corrected chi connectivity index (χ1v) is 20.6. The molecule has 18 heteroatoms. The molecule has 338 valence electrons. The highest BCUT2D eigenvalue weighted by atomic mass is 16.6. The zero-order chi connectivity index (χ0) is 46.0. The maximum absolute atomic E-state index is 13.0. The van der Waals surface area contributed by atoms with Gasteiger partial charge in [-0.05, 0) is 114 Å². The average Bonchev–Trinajstić information content (AvgIpc) is 3.75. The van der Waals surface area contributed by atoms with Crippen LogP contribution in [0, 0.1) is 0 Å². The van der Waals surface area contributed by atoms with Gasteiger partial charge in [-0.1, -0.05) is 17.3 Å². The molecule has 0 saturated heterocycles. The lowest BCUT2D eigenvalue weighted by molar-refractivity contribution is -0.162. The standard InChI is InChI=1S/C44H63N9O9/c1-41(2,3)59-36(55)26-50(27-37(56)60-42(4,5)6)22-30-16-13-18-33(45-30)40-32(34-25-52(49-47-34)20-15-21-54)24-53(48-40)35-19-14-17-31(46-35)23-51(28-38(57)61-43(7,8)9)29-39(58)62-44(10,11)12/h13-14,16-19,24-25,54H,15,20-23,26-29H2,1-12H3. The predicted octanol–water partition coefficient (Wildman–Crippen LogP) is 4.94. The summed E-state index contributed by atoms with van der Waals surface area (Å²) in [7, 11) is 0. The number of aliphatic hydroxyl groups excluding tert-OH is 1. The molecule has 4 rings (SSSR count). The fourth-order valence-electron chi connectivity index (χ4n) is 6.03. The van der Waals surface area contributed by atoms with Crippen LogP contribution in [0.15, 0.2) is 48.8 Å². The van der Waals surface area contributed by atoms with E-state index in [9.17, 15) is 24.3 Å². The van der Waals surface area contributed by atoms with Crippen LogP contribution in [-0.2, 0) is 57.8 Å². The van der Waals surface area contributed by atoms with E-state index in [2.05, 4.69) is 10.3 Å². The number of nitrogens with zero attached hydrogens (tertiary/aromatic N) is 9. The Hall–Kier alpha value is -5.59. The topological polar surface area (TPSA) is 206 Å². The zero-order valence-corrected chi connectivity index (χ0v) is 38.2. The molecule has 4 aromatic heterocycles. The van der Waals surface area contributed by atoms with E-state index >= 15 is 0 Å². The van der Waals surface area contributed by atoms with E-state index in [1.807, 2.05) is 0 Å². The largest absolute Gasteiger partial charge is 0.459 e. The molecule has 62 heavy (non-hydrogen) atoms. The molecular formula is C44H63N9O9. The van der Waals surface area contributed by atoms with Crippen molar-refractivity contribution in [3.05, 3.63) is 60.2 Å². The second-order valence-electron chi connectivity index (χ2n) is 18.9. The minimum absolute atomic E-state index is 0.0110. The first kappa shape index (κ1) is 49.1. The van der Waals surface area contributed by atoms with E-state index in [0.717, 1.165) is 0 Å². The third-order valence-corrected chi connectivity index (χ3v) is 8.01. The summed E-state index contributed by atoms with van der Waals surface area (Å²) >= 11 is 0. The molecule has 1 N–H and O–H groups in total. The summed E-state index contributed by atoms with van der Waals surface area (Å²) in [5, 5.41) is 23.0. The van der Waals surface area contributed by atoms with Crippen molar-refractivity contribution < 1.29 is 43.2 Å². The summed E-state index contributed by atoms with van der Waals surface area (Å²) in [6.45, 7) is 21.2. The summed E-state index contributed by atoms with van der Waals surface area (Å²) in [6.07, 6.45) is 3.99. The Morgan fingerprint density at radius 1 is 0.613 bits per heavy atom. The van der Waals surface area contributed by atoms with Gasteiger partial charge in [-0.2, -0.15) is 5.10 Å². The van der Waals surface area contributed by atoms with E-state index in [1.54, 1.807) is 151 Å². The third kappa shape index (κ3) is 17.1. The highest BCUT2D eigenvalue weighted by molar-refractivity contribution is 5.78. The Kier molecular flexibility index (Phi) is 16.2. The first-order chi connectivity index (χ1) is 28.7. The number of ether oxygens (including phenoxy) is 4. The van der Waals surface area contributed by atoms with Crippen molar-refractivity contribution in [1.29, 1.82) is 0 Å². The molecule has 0 spiro atoms. The van der Waals surface area contributed by atoms with Crippen molar-refractivity contribution in [3.8, 4) is 28.5 Å². The summed E-state index contributed by atoms with van der Waals surface area (Å²) in [4.78, 5) is 64.8. The molecule has 0 unspecified atom stereocenters. The summed E-state index contributed by atoms with van der Waals surface area (Å²) in [6, 6.07) is 10.7. The molecule has 18 nitrogen and oxygen atoms in total. The molecule has 4 heterocycles. The monoisotopic (exact) mass is 861 g/mol. The van der Waals surface area contributed by atoms with Crippen LogP contribution in [0.4, 0.5) is 0 Å². The molecule has 0 saturated carbocycles. The Labute approximate surface area is 363 Å². The van der Waals surface area contributed by atoms with Gasteiger partial charge in [-0.15, -0.1) is 5.10 Å². The smallest absolute Gasteiger partial charge is 0.320 e. The quantitative estimate of drug-likeness (QED) is 0.104. The number of carbonyl (C=O) groups excluding carboxylic acids is 4. The average molecular weight is 862 g/mol. The number of esters is 4. The first-order valence-electron chi connectivity index (χ1n) is 20.6. The van der Waals surface area contributed by atoms with Crippen molar-refractivity contribution in [2.75, 3.05) is 32.8 Å². The number of pyridine rings is 2. The van der Waals surface area contributed by atoms with Crippen molar-refractivity contribution in [1.82, 2.24) is 44.5 Å². The van der Waals surface area contributed by atoms with Crippen molar-refractivity contribution in [2.45, 2.75) is 132 Å². The van der Waals surface area contributed by atoms with Crippen LogP contribution in [0.1, 0.15) is 101 Å². The number of carbonyl (C=O) groups is 4. The van der Waals surface area contributed by atoms with Gasteiger partial charge in [0, 0.05) is 32.4 Å². The van der Waals surface area contributed by atoms with Crippen molar-refractivity contribution in [2.24, 2.45) is 0 Å². The molecule has 0 fully saturated rings. The maximum atomic E-state index is 13.0. The normalized spacial score (nSPS) is 12.4. The molecule has 0 atom stereocenters. The second-order valence-corrected chi connectivity index (χ2v) is 18.9.